The van der Waals surface area contributed by atoms with Crippen LogP contribution in [0.2, 0.25) is 0 Å². The number of benzene rings is 1. The zero-order valence-electron chi connectivity index (χ0n) is 12.7. The van der Waals surface area contributed by atoms with Crippen LogP contribution in [0.5, 0.6) is 0 Å². The molecule has 4 nitrogen and oxygen atoms in total. The van der Waals surface area contributed by atoms with Crippen molar-refractivity contribution in [3.05, 3.63) is 30.3 Å². The van der Waals surface area contributed by atoms with Gasteiger partial charge < -0.3 is 9.64 Å². The van der Waals surface area contributed by atoms with Crippen molar-refractivity contribution in [2.24, 2.45) is 0 Å². The second-order valence-electron chi connectivity index (χ2n) is 4.76. The minimum absolute atomic E-state index is 0.133. The maximum absolute atomic E-state index is 11.9. The van der Waals surface area contributed by atoms with Crippen molar-refractivity contribution in [3.8, 4) is 0 Å². The normalized spacial score (nSPS) is 10.2. The molecule has 0 aliphatic carbocycles. The van der Waals surface area contributed by atoms with E-state index < -0.39 is 0 Å². The maximum atomic E-state index is 11.9. The fourth-order valence-corrected chi connectivity index (χ4v) is 2.68. The van der Waals surface area contributed by atoms with Crippen molar-refractivity contribution >= 4 is 23.6 Å². The molecule has 0 unspecified atom stereocenters. The summed E-state index contributed by atoms with van der Waals surface area (Å²) in [5, 5.41) is 0. The summed E-state index contributed by atoms with van der Waals surface area (Å²) < 4.78 is 4.57. The van der Waals surface area contributed by atoms with E-state index in [0.717, 1.165) is 12.2 Å². The molecule has 0 fully saturated rings. The van der Waals surface area contributed by atoms with Crippen LogP contribution in [0, 0.1) is 0 Å². The third kappa shape index (κ3) is 7.75. The number of nitrogens with zero attached hydrogens (tertiary/aromatic N) is 1. The molecule has 0 bridgehead atoms. The number of esters is 1. The summed E-state index contributed by atoms with van der Waals surface area (Å²) in [6.07, 6.45) is 2.42. The Balaban J connectivity index is 2.11. The van der Waals surface area contributed by atoms with Crippen LogP contribution in [-0.2, 0) is 14.3 Å². The molecule has 0 aromatic heterocycles. The molecule has 0 radical (unpaired) electrons. The second kappa shape index (κ2) is 10.3. The SMILES string of the molecule is COC(=O)CCCN(C)C(=O)CCCSc1ccccc1. The van der Waals surface area contributed by atoms with Crippen LogP contribution in [0.15, 0.2) is 35.2 Å². The molecule has 0 aliphatic heterocycles. The Morgan fingerprint density at radius 3 is 2.52 bits per heavy atom. The van der Waals surface area contributed by atoms with Gasteiger partial charge >= 0.3 is 5.97 Å². The van der Waals surface area contributed by atoms with Gasteiger partial charge in [0, 0.05) is 31.3 Å². The first-order valence-corrected chi connectivity index (χ1v) is 8.10. The number of thioether (sulfide) groups is 1. The molecule has 116 valence electrons. The first-order chi connectivity index (χ1) is 10.1. The molecule has 0 saturated heterocycles. The molecule has 0 spiro atoms. The molecular weight excluding hydrogens is 286 g/mol. The summed E-state index contributed by atoms with van der Waals surface area (Å²) >= 11 is 1.77. The number of carbonyl (C=O) groups excluding carboxylic acids is 2. The van der Waals surface area contributed by atoms with Crippen LogP contribution in [0.3, 0.4) is 0 Å². The molecule has 0 heterocycles. The van der Waals surface area contributed by atoms with Crippen molar-refractivity contribution in [3.63, 3.8) is 0 Å². The number of rotatable bonds is 9. The summed E-state index contributed by atoms with van der Waals surface area (Å²) in [4.78, 5) is 25.8. The second-order valence-corrected chi connectivity index (χ2v) is 5.93. The third-order valence-corrected chi connectivity index (χ3v) is 4.17. The molecule has 0 aliphatic rings. The van der Waals surface area contributed by atoms with E-state index in [1.807, 2.05) is 18.2 Å². The van der Waals surface area contributed by atoms with Crippen LogP contribution >= 0.6 is 11.8 Å². The monoisotopic (exact) mass is 309 g/mol. The summed E-state index contributed by atoms with van der Waals surface area (Å²) in [6, 6.07) is 10.2. The van der Waals surface area contributed by atoms with Crippen molar-refractivity contribution < 1.29 is 14.3 Å². The Hall–Kier alpha value is -1.49. The number of hydrogen-bond donors (Lipinski definition) is 0. The lowest BCUT2D eigenvalue weighted by molar-refractivity contribution is -0.141. The van der Waals surface area contributed by atoms with Crippen molar-refractivity contribution in [2.45, 2.75) is 30.6 Å². The number of methoxy groups -OCH3 is 1. The predicted octanol–water partition coefficient (Wildman–Crippen LogP) is 2.97. The van der Waals surface area contributed by atoms with E-state index in [0.29, 0.717) is 25.8 Å². The molecule has 0 N–H and O–H groups in total. The molecule has 0 saturated carbocycles. The first kappa shape index (κ1) is 17.6. The van der Waals surface area contributed by atoms with E-state index in [1.54, 1.807) is 23.7 Å². The summed E-state index contributed by atoms with van der Waals surface area (Å²) in [5.41, 5.74) is 0. The van der Waals surface area contributed by atoms with Gasteiger partial charge in [-0.05, 0) is 30.7 Å². The Bertz CT molecular complexity index is 436. The molecule has 5 heteroatoms. The van der Waals surface area contributed by atoms with Gasteiger partial charge in [-0.3, -0.25) is 9.59 Å². The van der Waals surface area contributed by atoms with Crippen LogP contribution in [0.25, 0.3) is 0 Å². The van der Waals surface area contributed by atoms with Gasteiger partial charge in [0.25, 0.3) is 0 Å². The minimum atomic E-state index is -0.227. The molecule has 21 heavy (non-hydrogen) atoms. The van der Waals surface area contributed by atoms with E-state index in [4.69, 9.17) is 0 Å². The lowest BCUT2D eigenvalue weighted by atomic mass is 10.2. The molecule has 1 amide bonds. The molecule has 1 aromatic carbocycles. The lowest BCUT2D eigenvalue weighted by Gasteiger charge is -2.16. The number of amides is 1. The maximum Gasteiger partial charge on any atom is 0.305 e. The zero-order chi connectivity index (χ0) is 15.5. The van der Waals surface area contributed by atoms with Crippen LogP contribution in [0.4, 0.5) is 0 Å². The number of ether oxygens (including phenoxy) is 1. The smallest absolute Gasteiger partial charge is 0.305 e. The fourth-order valence-electron chi connectivity index (χ4n) is 1.81. The van der Waals surface area contributed by atoms with Gasteiger partial charge in [-0.2, -0.15) is 0 Å². The highest BCUT2D eigenvalue weighted by atomic mass is 32.2. The highest BCUT2D eigenvalue weighted by molar-refractivity contribution is 7.99. The van der Waals surface area contributed by atoms with Crippen LogP contribution in [-0.4, -0.2) is 43.2 Å². The van der Waals surface area contributed by atoms with E-state index in [1.165, 1.54) is 12.0 Å². The summed E-state index contributed by atoms with van der Waals surface area (Å²) in [7, 11) is 3.16. The highest BCUT2D eigenvalue weighted by Gasteiger charge is 2.09. The van der Waals surface area contributed by atoms with Gasteiger partial charge in [0.2, 0.25) is 5.91 Å². The van der Waals surface area contributed by atoms with E-state index in [-0.39, 0.29) is 11.9 Å². The lowest BCUT2D eigenvalue weighted by Crippen LogP contribution is -2.28. The fraction of sp³-hybridized carbons (Fsp3) is 0.500. The zero-order valence-corrected chi connectivity index (χ0v) is 13.5. The summed E-state index contributed by atoms with van der Waals surface area (Å²) in [6.45, 7) is 0.597. The van der Waals surface area contributed by atoms with Crippen LogP contribution < -0.4 is 0 Å². The third-order valence-electron chi connectivity index (χ3n) is 3.07. The van der Waals surface area contributed by atoms with Crippen molar-refractivity contribution in [2.75, 3.05) is 26.5 Å². The van der Waals surface area contributed by atoms with Gasteiger partial charge in [0.05, 0.1) is 7.11 Å². The van der Waals surface area contributed by atoms with Crippen molar-refractivity contribution in [1.82, 2.24) is 4.90 Å². The van der Waals surface area contributed by atoms with Gasteiger partial charge in [-0.15, -0.1) is 11.8 Å². The van der Waals surface area contributed by atoms with Gasteiger partial charge in [0.1, 0.15) is 0 Å². The standard InChI is InChI=1S/C16H23NO3S/c1-17(12-6-11-16(19)20-2)15(18)10-7-13-21-14-8-4-3-5-9-14/h3-5,8-9H,6-7,10-13H2,1-2H3. The summed E-state index contributed by atoms with van der Waals surface area (Å²) in [5.74, 6) is 0.842. The molecule has 1 aromatic rings. The molecular formula is C16H23NO3S. The number of carbonyl (C=O) groups is 2. The predicted molar refractivity (Wildman–Crippen MR) is 85.3 cm³/mol. The van der Waals surface area contributed by atoms with E-state index in [2.05, 4.69) is 16.9 Å². The first-order valence-electron chi connectivity index (χ1n) is 7.12. The Kier molecular flexibility index (Phi) is 8.59. The van der Waals surface area contributed by atoms with Gasteiger partial charge in [0.15, 0.2) is 0 Å². The quantitative estimate of drug-likeness (QED) is 0.400. The Morgan fingerprint density at radius 2 is 1.86 bits per heavy atom. The largest absolute Gasteiger partial charge is 0.469 e. The average Bonchev–Trinajstić information content (AvgIpc) is 2.52. The van der Waals surface area contributed by atoms with Gasteiger partial charge in [-0.25, -0.2) is 0 Å². The molecule has 0 atom stereocenters. The van der Waals surface area contributed by atoms with E-state index >= 15 is 0 Å². The Morgan fingerprint density at radius 1 is 1.14 bits per heavy atom. The van der Waals surface area contributed by atoms with E-state index in [9.17, 15) is 9.59 Å². The van der Waals surface area contributed by atoms with Crippen LogP contribution in [0.1, 0.15) is 25.7 Å². The minimum Gasteiger partial charge on any atom is -0.469 e. The average molecular weight is 309 g/mol. The van der Waals surface area contributed by atoms with Gasteiger partial charge in [-0.1, -0.05) is 18.2 Å². The topological polar surface area (TPSA) is 46.6 Å². The highest BCUT2D eigenvalue weighted by Crippen LogP contribution is 2.18. The molecule has 1 rings (SSSR count). The Labute approximate surface area is 130 Å². The van der Waals surface area contributed by atoms with Crippen molar-refractivity contribution in [1.29, 1.82) is 0 Å². The number of hydrogen-bond acceptors (Lipinski definition) is 4.